The van der Waals surface area contributed by atoms with Gasteiger partial charge in [-0.2, -0.15) is 5.10 Å². The Morgan fingerprint density at radius 3 is 2.65 bits per heavy atom. The first kappa shape index (κ1) is 22.5. The molecule has 1 aliphatic rings. The van der Waals surface area contributed by atoms with E-state index < -0.39 is 11.7 Å². The minimum atomic E-state index is -0.545. The highest BCUT2D eigenvalue weighted by Crippen LogP contribution is 2.25. The minimum absolute atomic E-state index is 0.0175. The highest BCUT2D eigenvalue weighted by Gasteiger charge is 2.32. The van der Waals surface area contributed by atoms with Crippen LogP contribution < -0.4 is 10.6 Å². The van der Waals surface area contributed by atoms with Crippen molar-refractivity contribution < 1.29 is 19.1 Å². The summed E-state index contributed by atoms with van der Waals surface area (Å²) in [6.45, 7) is 9.68. The van der Waals surface area contributed by atoms with Gasteiger partial charge in [-0.15, -0.1) is 0 Å². The molecule has 9 heteroatoms. The monoisotopic (exact) mass is 429 g/mol. The van der Waals surface area contributed by atoms with Gasteiger partial charge in [-0.1, -0.05) is 30.3 Å². The summed E-state index contributed by atoms with van der Waals surface area (Å²) < 4.78 is 12.6. The van der Waals surface area contributed by atoms with Crippen LogP contribution >= 0.6 is 0 Å². The van der Waals surface area contributed by atoms with Crippen LogP contribution in [-0.2, 0) is 29.2 Å². The number of carbonyl (C=O) groups is 2. The Labute approximate surface area is 182 Å². The van der Waals surface area contributed by atoms with Gasteiger partial charge >= 0.3 is 12.2 Å². The Balaban J connectivity index is 1.46. The number of hydrogen-bond donors (Lipinski definition) is 2. The van der Waals surface area contributed by atoms with E-state index in [-0.39, 0.29) is 18.7 Å². The number of benzene rings is 1. The van der Waals surface area contributed by atoms with Gasteiger partial charge in [0.15, 0.2) is 0 Å². The molecule has 1 aromatic heterocycles. The largest absolute Gasteiger partial charge is 0.445 e. The number of carbonyl (C=O) groups excluding carboxylic acids is 2. The normalized spacial score (nSPS) is 15.7. The molecule has 0 aliphatic carbocycles. The van der Waals surface area contributed by atoms with E-state index in [1.807, 2.05) is 62.7 Å². The van der Waals surface area contributed by atoms with Gasteiger partial charge in [0.2, 0.25) is 0 Å². The summed E-state index contributed by atoms with van der Waals surface area (Å²) in [6.07, 6.45) is 0.947. The van der Waals surface area contributed by atoms with Crippen LogP contribution in [0.25, 0.3) is 0 Å². The number of fused-ring (bicyclic) bond motifs is 1. The molecule has 2 N–H and O–H groups in total. The number of ether oxygens (including phenoxy) is 2. The van der Waals surface area contributed by atoms with E-state index in [1.165, 1.54) is 0 Å². The molecular weight excluding hydrogens is 398 g/mol. The maximum Gasteiger partial charge on any atom is 0.410 e. The molecule has 31 heavy (non-hydrogen) atoms. The molecule has 0 saturated carbocycles. The molecular formula is C22H31N5O4. The van der Waals surface area contributed by atoms with Crippen LogP contribution in [0.4, 0.5) is 15.3 Å². The molecule has 2 amide bonds. The minimum Gasteiger partial charge on any atom is -0.445 e. The van der Waals surface area contributed by atoms with E-state index >= 15 is 0 Å². The predicted molar refractivity (Wildman–Crippen MR) is 117 cm³/mol. The lowest BCUT2D eigenvalue weighted by Crippen LogP contribution is -2.47. The van der Waals surface area contributed by atoms with Crippen molar-refractivity contribution in [2.45, 2.75) is 59.0 Å². The fourth-order valence-corrected chi connectivity index (χ4v) is 3.25. The van der Waals surface area contributed by atoms with Crippen molar-refractivity contribution in [1.29, 1.82) is 0 Å². The van der Waals surface area contributed by atoms with Crippen LogP contribution in [0.5, 0.6) is 0 Å². The molecule has 1 atom stereocenters. The van der Waals surface area contributed by atoms with Crippen molar-refractivity contribution >= 4 is 17.9 Å². The average molecular weight is 430 g/mol. The van der Waals surface area contributed by atoms with Crippen molar-refractivity contribution in [3.8, 4) is 0 Å². The van der Waals surface area contributed by atoms with Gasteiger partial charge in [0, 0.05) is 13.1 Å². The lowest BCUT2D eigenvalue weighted by molar-refractivity contribution is 0.00914. The van der Waals surface area contributed by atoms with E-state index in [0.717, 1.165) is 16.9 Å². The zero-order chi connectivity index (χ0) is 22.4. The summed E-state index contributed by atoms with van der Waals surface area (Å²) in [6, 6.07) is 9.50. The van der Waals surface area contributed by atoms with Crippen molar-refractivity contribution in [3.63, 3.8) is 0 Å². The average Bonchev–Trinajstić information content (AvgIpc) is 3.10. The molecule has 9 nitrogen and oxygen atoms in total. The number of nitrogens with zero attached hydrogens (tertiary/aromatic N) is 3. The first-order valence-corrected chi connectivity index (χ1v) is 10.5. The molecule has 1 aliphatic heterocycles. The second-order valence-electron chi connectivity index (χ2n) is 8.56. The summed E-state index contributed by atoms with van der Waals surface area (Å²) in [7, 11) is 0. The number of aromatic nitrogens is 2. The predicted octanol–water partition coefficient (Wildman–Crippen LogP) is 3.36. The van der Waals surface area contributed by atoms with Crippen molar-refractivity contribution in [3.05, 3.63) is 47.8 Å². The SMILES string of the molecule is C[C@H]1Cn2ncc(NCCNC(=O)OCc3ccccc3)c2CN1C(=O)OC(C)(C)C. The van der Waals surface area contributed by atoms with E-state index in [2.05, 4.69) is 15.7 Å². The number of hydrogen-bond acceptors (Lipinski definition) is 6. The molecule has 0 radical (unpaired) electrons. The molecule has 3 rings (SSSR count). The highest BCUT2D eigenvalue weighted by atomic mass is 16.6. The second-order valence-corrected chi connectivity index (χ2v) is 8.56. The lowest BCUT2D eigenvalue weighted by Gasteiger charge is -2.35. The third kappa shape index (κ3) is 6.37. The van der Waals surface area contributed by atoms with Crippen molar-refractivity contribution in [2.75, 3.05) is 18.4 Å². The number of rotatable bonds is 6. The third-order valence-corrected chi connectivity index (χ3v) is 4.79. The van der Waals surface area contributed by atoms with Gasteiger partial charge in [-0.25, -0.2) is 9.59 Å². The number of alkyl carbamates (subject to hydrolysis) is 1. The van der Waals surface area contributed by atoms with Gasteiger partial charge in [-0.05, 0) is 33.3 Å². The Morgan fingerprint density at radius 1 is 1.19 bits per heavy atom. The quantitative estimate of drug-likeness (QED) is 0.684. The molecule has 0 spiro atoms. The van der Waals surface area contributed by atoms with Crippen LogP contribution in [0, 0.1) is 0 Å². The summed E-state index contributed by atoms with van der Waals surface area (Å²) >= 11 is 0. The molecule has 0 unspecified atom stereocenters. The van der Waals surface area contributed by atoms with Crippen LogP contribution in [0.1, 0.15) is 39.0 Å². The van der Waals surface area contributed by atoms with Gasteiger partial charge < -0.3 is 20.1 Å². The van der Waals surface area contributed by atoms with E-state index in [1.54, 1.807) is 11.1 Å². The fourth-order valence-electron chi connectivity index (χ4n) is 3.25. The topological polar surface area (TPSA) is 97.7 Å². The van der Waals surface area contributed by atoms with Crippen LogP contribution in [0.2, 0.25) is 0 Å². The van der Waals surface area contributed by atoms with E-state index in [4.69, 9.17) is 9.47 Å². The summed E-state index contributed by atoms with van der Waals surface area (Å²) in [5.74, 6) is 0. The Kier molecular flexibility index (Phi) is 7.04. The number of amides is 2. The summed E-state index contributed by atoms with van der Waals surface area (Å²) in [5.41, 5.74) is 2.14. The molecule has 168 valence electrons. The molecule has 2 aromatic rings. The van der Waals surface area contributed by atoms with Gasteiger partial charge in [0.25, 0.3) is 0 Å². The van der Waals surface area contributed by atoms with Crippen LogP contribution in [0.3, 0.4) is 0 Å². The smallest absolute Gasteiger partial charge is 0.410 e. The molecule has 0 bridgehead atoms. The molecule has 1 aromatic carbocycles. The fraction of sp³-hybridized carbons (Fsp3) is 0.500. The maximum absolute atomic E-state index is 12.6. The van der Waals surface area contributed by atoms with Gasteiger partial charge in [0.05, 0.1) is 36.7 Å². The maximum atomic E-state index is 12.6. The van der Waals surface area contributed by atoms with E-state index in [0.29, 0.717) is 26.2 Å². The van der Waals surface area contributed by atoms with Crippen LogP contribution in [0.15, 0.2) is 36.5 Å². The van der Waals surface area contributed by atoms with Crippen molar-refractivity contribution in [1.82, 2.24) is 20.0 Å². The summed E-state index contributed by atoms with van der Waals surface area (Å²) in [4.78, 5) is 26.1. The standard InChI is InChI=1S/C22H31N5O4/c1-16-13-27-19(14-26(16)21(29)31-22(2,3)4)18(12-25-27)23-10-11-24-20(28)30-15-17-8-6-5-7-9-17/h5-9,12,16,23H,10-11,13-15H2,1-4H3,(H,24,28)/t16-/m0/s1. The first-order chi connectivity index (χ1) is 14.7. The third-order valence-electron chi connectivity index (χ3n) is 4.79. The first-order valence-electron chi connectivity index (χ1n) is 10.5. The Bertz CT molecular complexity index is 891. The summed E-state index contributed by atoms with van der Waals surface area (Å²) in [5, 5.41) is 10.4. The highest BCUT2D eigenvalue weighted by molar-refractivity contribution is 5.69. The Hall–Kier alpha value is -3.23. The van der Waals surface area contributed by atoms with Gasteiger partial charge in [-0.3, -0.25) is 9.58 Å². The van der Waals surface area contributed by atoms with Crippen LogP contribution in [-0.4, -0.2) is 51.6 Å². The van der Waals surface area contributed by atoms with E-state index in [9.17, 15) is 9.59 Å². The molecule has 0 fully saturated rings. The number of nitrogens with one attached hydrogen (secondary N) is 2. The lowest BCUT2D eigenvalue weighted by atomic mass is 10.2. The van der Waals surface area contributed by atoms with Crippen molar-refractivity contribution in [2.24, 2.45) is 0 Å². The van der Waals surface area contributed by atoms with Gasteiger partial charge in [0.1, 0.15) is 12.2 Å². The molecule has 0 saturated heterocycles. The zero-order valence-corrected chi connectivity index (χ0v) is 18.6. The number of anilines is 1. The second kappa shape index (κ2) is 9.72. The zero-order valence-electron chi connectivity index (χ0n) is 18.6. The Morgan fingerprint density at radius 2 is 1.94 bits per heavy atom. The molecule has 2 heterocycles.